The average molecular weight is 717 g/mol. The van der Waals surface area contributed by atoms with Crippen molar-refractivity contribution in [2.75, 3.05) is 24.2 Å². The van der Waals surface area contributed by atoms with Crippen molar-refractivity contribution in [1.82, 2.24) is 0 Å². The highest BCUT2D eigenvalue weighted by Crippen LogP contribution is 2.64. The van der Waals surface area contributed by atoms with Crippen LogP contribution in [-0.2, 0) is 23.0 Å². The Hall–Kier alpha value is -5.10. The summed E-state index contributed by atoms with van der Waals surface area (Å²) in [6.07, 6.45) is 26.4. The Labute approximate surface area is 317 Å². The summed E-state index contributed by atoms with van der Waals surface area (Å²) in [5, 5.41) is 0. The van der Waals surface area contributed by atoms with E-state index in [0.717, 1.165) is 91.5 Å². The first kappa shape index (κ1) is 32.3. The van der Waals surface area contributed by atoms with E-state index < -0.39 is 5.41 Å². The zero-order valence-corrected chi connectivity index (χ0v) is 31.3. The number of allylic oxidation sites excluding steroid dienone is 6. The third-order valence-corrected chi connectivity index (χ3v) is 13.7. The van der Waals surface area contributed by atoms with Gasteiger partial charge in [0.2, 0.25) is 0 Å². The fourth-order valence-corrected chi connectivity index (χ4v) is 11.5. The van der Waals surface area contributed by atoms with Gasteiger partial charge < -0.3 is 28.9 Å². The van der Waals surface area contributed by atoms with Gasteiger partial charge in [0.15, 0.2) is 11.8 Å². The van der Waals surface area contributed by atoms with E-state index in [1.165, 1.54) is 58.4 Å². The number of hydrogen-bond acceptors (Lipinski definition) is 6. The van der Waals surface area contributed by atoms with Crippen molar-refractivity contribution < 1.29 is 18.3 Å². The van der Waals surface area contributed by atoms with Gasteiger partial charge >= 0.3 is 0 Å². The van der Waals surface area contributed by atoms with Crippen LogP contribution in [0.5, 0.6) is 11.5 Å². The second-order valence-electron chi connectivity index (χ2n) is 16.4. The van der Waals surface area contributed by atoms with Gasteiger partial charge in [-0.05, 0) is 101 Å². The highest BCUT2D eigenvalue weighted by Gasteiger charge is 2.58. The van der Waals surface area contributed by atoms with Crippen LogP contribution in [0, 0.1) is 5.92 Å². The summed E-state index contributed by atoms with van der Waals surface area (Å²) in [6.45, 7) is 3.10. The molecule has 11 rings (SSSR count). The lowest BCUT2D eigenvalue weighted by Crippen LogP contribution is -2.52. The third kappa shape index (κ3) is 4.52. The minimum atomic E-state index is -0.400. The molecule has 0 radical (unpaired) electrons. The number of anilines is 2. The summed E-state index contributed by atoms with van der Waals surface area (Å²) in [5.74, 6) is 7.34. The number of hydrogen-bond donors (Lipinski definition) is 1. The highest BCUT2D eigenvalue weighted by atomic mass is 16.5. The Morgan fingerprint density at radius 3 is 2.72 bits per heavy atom. The van der Waals surface area contributed by atoms with Gasteiger partial charge in [0.1, 0.15) is 34.9 Å². The standard InChI is InChI=1S/C48H48N2O4/c1-3-11-32-44-30(12-8-19-40(44)53-46(32)49)28-21-23-36-42(26-28)51-38-17-6-4-15-34(38)48(36)35-16-5-7-18-39(35)52-43-27-29(22-24-37(43)48)31-13-9-20-41-45(31)33-14-10-25-50(2)47(33)54-41/h3-4,6,8,11,15-19,21,23,26-27,30-31,37,43H,5,7,9-10,12-14,20,22,24-25,49H2,1-2H3/b11-3-. The summed E-state index contributed by atoms with van der Waals surface area (Å²) in [7, 11) is 2.19. The van der Waals surface area contributed by atoms with Gasteiger partial charge in [-0.25, -0.2) is 0 Å². The zero-order chi connectivity index (χ0) is 36.1. The van der Waals surface area contributed by atoms with Crippen molar-refractivity contribution in [3.8, 4) is 11.5 Å². The molecule has 4 aromatic rings. The zero-order valence-electron chi connectivity index (χ0n) is 31.3. The molecule has 0 saturated carbocycles. The Balaban J connectivity index is 1.05. The molecular weight excluding hydrogens is 669 g/mol. The van der Waals surface area contributed by atoms with Crippen LogP contribution in [0.4, 0.5) is 11.8 Å². The second-order valence-corrected chi connectivity index (χ2v) is 16.4. The lowest BCUT2D eigenvalue weighted by Gasteiger charge is -2.55. The molecule has 2 N–H and O–H groups in total. The maximum absolute atomic E-state index is 7.18. The molecule has 5 heterocycles. The molecule has 3 aliphatic heterocycles. The highest BCUT2D eigenvalue weighted by molar-refractivity contribution is 5.74. The molecule has 6 nitrogen and oxygen atoms in total. The van der Waals surface area contributed by atoms with Crippen LogP contribution in [0.1, 0.15) is 121 Å². The van der Waals surface area contributed by atoms with Crippen LogP contribution in [0.3, 0.4) is 0 Å². The largest absolute Gasteiger partial charge is 0.486 e. The fraction of sp³-hybridized carbons (Fsp3) is 0.375. The van der Waals surface area contributed by atoms with Gasteiger partial charge in [-0.1, -0.05) is 60.2 Å². The Morgan fingerprint density at radius 1 is 0.907 bits per heavy atom. The maximum atomic E-state index is 7.18. The quantitative estimate of drug-likeness (QED) is 0.213. The van der Waals surface area contributed by atoms with Gasteiger partial charge in [-0.15, -0.1) is 0 Å². The molecule has 1 fully saturated rings. The number of rotatable bonds is 3. The monoisotopic (exact) mass is 716 g/mol. The van der Waals surface area contributed by atoms with Crippen molar-refractivity contribution in [3.63, 3.8) is 0 Å². The number of ether oxygens (including phenoxy) is 2. The minimum Gasteiger partial charge on any atom is -0.486 e. The topological polar surface area (TPSA) is 74.0 Å². The van der Waals surface area contributed by atoms with Gasteiger partial charge in [-0.3, -0.25) is 0 Å². The van der Waals surface area contributed by atoms with E-state index in [4.69, 9.17) is 24.0 Å². The summed E-state index contributed by atoms with van der Waals surface area (Å²) < 4.78 is 26.8. The first-order valence-corrected chi connectivity index (χ1v) is 20.3. The molecule has 0 bridgehead atoms. The van der Waals surface area contributed by atoms with Crippen LogP contribution in [-0.4, -0.2) is 19.7 Å². The number of nitrogen functional groups attached to an aromatic ring is 1. The molecule has 5 unspecified atom stereocenters. The Morgan fingerprint density at radius 2 is 1.80 bits per heavy atom. The molecule has 5 atom stereocenters. The lowest BCUT2D eigenvalue weighted by atomic mass is 9.54. The molecule has 6 heteroatoms. The summed E-state index contributed by atoms with van der Waals surface area (Å²) >= 11 is 0. The molecule has 7 aliphatic rings. The van der Waals surface area contributed by atoms with Gasteiger partial charge in [0.05, 0.1) is 5.41 Å². The Bertz CT molecular complexity index is 2360. The third-order valence-electron chi connectivity index (χ3n) is 13.7. The molecular formula is C48H48N2O4. The predicted molar refractivity (Wildman–Crippen MR) is 214 cm³/mol. The van der Waals surface area contributed by atoms with Crippen molar-refractivity contribution in [3.05, 3.63) is 140 Å². The van der Waals surface area contributed by atoms with Gasteiger partial charge in [0.25, 0.3) is 0 Å². The van der Waals surface area contributed by atoms with Crippen molar-refractivity contribution >= 4 is 23.9 Å². The molecule has 2 aromatic carbocycles. The number of fused-ring (bicyclic) bond motifs is 12. The van der Waals surface area contributed by atoms with E-state index in [1.54, 1.807) is 5.57 Å². The van der Waals surface area contributed by atoms with Crippen LogP contribution >= 0.6 is 0 Å². The maximum Gasteiger partial charge on any atom is 0.198 e. The second kappa shape index (κ2) is 12.2. The van der Waals surface area contributed by atoms with Crippen molar-refractivity contribution in [2.24, 2.45) is 5.92 Å². The number of aryl methyl sites for hydroxylation is 1. The fourth-order valence-electron chi connectivity index (χ4n) is 11.5. The molecule has 2 aromatic heterocycles. The summed E-state index contributed by atoms with van der Waals surface area (Å²) in [4.78, 5) is 2.33. The molecule has 0 amide bonds. The SMILES string of the molecule is C/C=C\c1c(N)oc2c1C(c1ccc3c(c1)Oc1ccccc1C31C3=CCCC=C3OC3C=C(C4CCCc5oc6c(c54)CCCN6C)CCC31)CC=C2. The molecule has 54 heavy (non-hydrogen) atoms. The van der Waals surface area contributed by atoms with E-state index in [2.05, 4.69) is 90.9 Å². The normalized spacial score (nSPS) is 27.6. The predicted octanol–water partition coefficient (Wildman–Crippen LogP) is 11.3. The van der Waals surface area contributed by atoms with Crippen LogP contribution in [0.25, 0.3) is 12.2 Å². The van der Waals surface area contributed by atoms with Crippen LogP contribution in [0.15, 0.2) is 98.6 Å². The smallest absolute Gasteiger partial charge is 0.198 e. The summed E-state index contributed by atoms with van der Waals surface area (Å²) in [6, 6.07) is 15.8. The number of benzene rings is 2. The lowest BCUT2D eigenvalue weighted by molar-refractivity contribution is 0.0321. The first-order chi connectivity index (χ1) is 26.5. The van der Waals surface area contributed by atoms with Gasteiger partial charge in [0, 0.05) is 76.7 Å². The molecule has 274 valence electrons. The minimum absolute atomic E-state index is 0.0481. The number of para-hydroxylation sites is 1. The number of nitrogens with two attached hydrogens (primary N) is 1. The van der Waals surface area contributed by atoms with Crippen LogP contribution < -0.4 is 15.4 Å². The van der Waals surface area contributed by atoms with Crippen molar-refractivity contribution in [1.29, 1.82) is 0 Å². The Kier molecular flexibility index (Phi) is 7.31. The number of furan rings is 2. The van der Waals surface area contributed by atoms with E-state index in [-0.39, 0.29) is 17.9 Å². The molecule has 1 saturated heterocycles. The average Bonchev–Trinajstić information content (AvgIpc) is 3.75. The first-order valence-electron chi connectivity index (χ1n) is 20.3. The van der Waals surface area contributed by atoms with E-state index in [0.29, 0.717) is 11.8 Å². The van der Waals surface area contributed by atoms with Crippen LogP contribution in [0.2, 0.25) is 0 Å². The summed E-state index contributed by atoms with van der Waals surface area (Å²) in [5.41, 5.74) is 17.7. The van der Waals surface area contributed by atoms with E-state index in [1.807, 2.05) is 13.0 Å². The van der Waals surface area contributed by atoms with Gasteiger partial charge in [-0.2, -0.15) is 0 Å². The number of nitrogens with zero attached hydrogens (tertiary/aromatic N) is 1. The van der Waals surface area contributed by atoms with E-state index >= 15 is 0 Å². The van der Waals surface area contributed by atoms with Crippen molar-refractivity contribution in [2.45, 2.75) is 94.5 Å². The molecule has 4 aliphatic carbocycles. The van der Waals surface area contributed by atoms with E-state index in [9.17, 15) is 0 Å². The molecule has 1 spiro atoms.